The van der Waals surface area contributed by atoms with Crippen LogP contribution in [0.3, 0.4) is 0 Å². The Kier molecular flexibility index (Phi) is 7.21. The van der Waals surface area contributed by atoms with Gasteiger partial charge in [-0.05, 0) is 37.1 Å². The summed E-state index contributed by atoms with van der Waals surface area (Å²) in [6, 6.07) is 4.51. The lowest BCUT2D eigenvalue weighted by molar-refractivity contribution is -0.116. The zero-order valence-corrected chi connectivity index (χ0v) is 12.1. The molecule has 1 aromatic carbocycles. The zero-order chi connectivity index (χ0) is 15.7. The van der Waals surface area contributed by atoms with Crippen molar-refractivity contribution in [2.75, 3.05) is 13.2 Å². The van der Waals surface area contributed by atoms with Crippen LogP contribution in [-0.2, 0) is 4.79 Å². The van der Waals surface area contributed by atoms with E-state index in [4.69, 9.17) is 4.74 Å². The first kappa shape index (κ1) is 16.9. The summed E-state index contributed by atoms with van der Waals surface area (Å²) in [4.78, 5) is 11.4. The fourth-order valence-electron chi connectivity index (χ4n) is 1.57. The molecule has 0 aliphatic heterocycles. The van der Waals surface area contributed by atoms with Gasteiger partial charge in [0.05, 0.1) is 6.61 Å². The molecule has 0 bridgehead atoms. The maximum Gasteiger partial charge on any atom is 0.387 e. The Morgan fingerprint density at radius 1 is 1.33 bits per heavy atom. The lowest BCUT2D eigenvalue weighted by atomic mass is 10.2. The molecule has 0 atom stereocenters. The van der Waals surface area contributed by atoms with E-state index in [1.807, 2.05) is 6.92 Å². The van der Waals surface area contributed by atoms with Crippen molar-refractivity contribution in [1.82, 2.24) is 5.32 Å². The summed E-state index contributed by atoms with van der Waals surface area (Å²) >= 11 is 0. The first-order valence-electron chi connectivity index (χ1n) is 6.74. The third-order valence-electron chi connectivity index (χ3n) is 2.46. The largest absolute Gasteiger partial charge is 0.490 e. The van der Waals surface area contributed by atoms with Gasteiger partial charge < -0.3 is 14.8 Å². The maximum atomic E-state index is 12.3. The van der Waals surface area contributed by atoms with Crippen LogP contribution in [0.2, 0.25) is 0 Å². The molecule has 1 aromatic rings. The van der Waals surface area contributed by atoms with Crippen molar-refractivity contribution in [2.45, 2.75) is 26.9 Å². The molecule has 4 nitrogen and oxygen atoms in total. The summed E-state index contributed by atoms with van der Waals surface area (Å²) < 4.78 is 34.2. The minimum Gasteiger partial charge on any atom is -0.490 e. The van der Waals surface area contributed by atoms with Gasteiger partial charge in [-0.1, -0.05) is 13.0 Å². The van der Waals surface area contributed by atoms with Crippen molar-refractivity contribution in [2.24, 2.45) is 0 Å². The molecule has 0 unspecified atom stereocenters. The molecule has 0 aromatic heterocycles. The number of carbonyl (C=O) groups excluding carboxylic acids is 1. The van der Waals surface area contributed by atoms with E-state index < -0.39 is 6.61 Å². The third kappa shape index (κ3) is 6.25. The minimum atomic E-state index is -2.91. The molecule has 6 heteroatoms. The second kappa shape index (κ2) is 8.94. The second-order valence-electron chi connectivity index (χ2n) is 4.14. The highest BCUT2D eigenvalue weighted by atomic mass is 19.3. The van der Waals surface area contributed by atoms with Gasteiger partial charge in [-0.15, -0.1) is 0 Å². The van der Waals surface area contributed by atoms with Crippen molar-refractivity contribution in [1.29, 1.82) is 0 Å². The standard InChI is InChI=1S/C15H19F2NO3/c1-3-9-18-14(19)8-6-11-5-7-12(21-15(16)17)13(10-11)20-4-2/h5-8,10,15H,3-4,9H2,1-2H3,(H,18,19)/b8-6+. The quantitative estimate of drug-likeness (QED) is 0.750. The smallest absolute Gasteiger partial charge is 0.387 e. The van der Waals surface area contributed by atoms with E-state index in [1.165, 1.54) is 12.1 Å². The van der Waals surface area contributed by atoms with Gasteiger partial charge in [0.15, 0.2) is 11.5 Å². The van der Waals surface area contributed by atoms with Crippen molar-refractivity contribution in [3.8, 4) is 11.5 Å². The van der Waals surface area contributed by atoms with E-state index in [0.29, 0.717) is 18.7 Å². The van der Waals surface area contributed by atoms with Gasteiger partial charge >= 0.3 is 6.61 Å². The van der Waals surface area contributed by atoms with Crippen molar-refractivity contribution < 1.29 is 23.0 Å². The van der Waals surface area contributed by atoms with Crippen LogP contribution >= 0.6 is 0 Å². The van der Waals surface area contributed by atoms with Crippen molar-refractivity contribution in [3.63, 3.8) is 0 Å². The molecule has 116 valence electrons. The van der Waals surface area contributed by atoms with Crippen LogP contribution < -0.4 is 14.8 Å². The number of rotatable bonds is 8. The van der Waals surface area contributed by atoms with E-state index >= 15 is 0 Å². The predicted octanol–water partition coefficient (Wildman–Crippen LogP) is 3.23. The molecule has 0 saturated carbocycles. The Labute approximate surface area is 122 Å². The molecule has 0 spiro atoms. The summed E-state index contributed by atoms with van der Waals surface area (Å²) in [6.45, 7) is 1.72. The minimum absolute atomic E-state index is 0.0283. The van der Waals surface area contributed by atoms with Gasteiger partial charge in [0, 0.05) is 12.6 Å². The van der Waals surface area contributed by atoms with E-state index in [2.05, 4.69) is 10.1 Å². The van der Waals surface area contributed by atoms with Crippen LogP contribution in [0.1, 0.15) is 25.8 Å². The number of nitrogens with one attached hydrogen (secondary N) is 1. The first-order chi connectivity index (χ1) is 10.1. The summed E-state index contributed by atoms with van der Waals surface area (Å²) in [6.07, 6.45) is 3.82. The molecular formula is C15H19F2NO3. The molecule has 1 rings (SSSR count). The van der Waals surface area contributed by atoms with Gasteiger partial charge in [0.2, 0.25) is 5.91 Å². The van der Waals surface area contributed by atoms with Crippen LogP contribution in [0.5, 0.6) is 11.5 Å². The Balaban J connectivity index is 2.82. The molecule has 0 saturated heterocycles. The van der Waals surface area contributed by atoms with Crippen LogP contribution in [0.25, 0.3) is 6.08 Å². The molecule has 0 fully saturated rings. The van der Waals surface area contributed by atoms with Crippen molar-refractivity contribution >= 4 is 12.0 Å². The van der Waals surface area contributed by atoms with Crippen LogP contribution in [0.4, 0.5) is 8.78 Å². The number of halogens is 2. The van der Waals surface area contributed by atoms with Gasteiger partial charge in [-0.25, -0.2) is 0 Å². The average molecular weight is 299 g/mol. The van der Waals surface area contributed by atoms with Crippen LogP contribution in [0.15, 0.2) is 24.3 Å². The van der Waals surface area contributed by atoms with Gasteiger partial charge in [0.1, 0.15) is 0 Å². The van der Waals surface area contributed by atoms with E-state index in [0.717, 1.165) is 6.42 Å². The summed E-state index contributed by atoms with van der Waals surface area (Å²) in [5, 5.41) is 2.70. The zero-order valence-electron chi connectivity index (χ0n) is 12.1. The number of benzene rings is 1. The predicted molar refractivity (Wildman–Crippen MR) is 76.6 cm³/mol. The number of hydrogen-bond donors (Lipinski definition) is 1. The average Bonchev–Trinajstić information content (AvgIpc) is 2.45. The SMILES string of the molecule is CCCNC(=O)/C=C/c1ccc(OC(F)F)c(OCC)c1. The van der Waals surface area contributed by atoms with Crippen LogP contribution in [-0.4, -0.2) is 25.7 Å². The highest BCUT2D eigenvalue weighted by molar-refractivity contribution is 5.91. The monoisotopic (exact) mass is 299 g/mol. The Morgan fingerprint density at radius 3 is 2.71 bits per heavy atom. The molecule has 0 heterocycles. The van der Waals surface area contributed by atoms with E-state index in [1.54, 1.807) is 25.1 Å². The lowest BCUT2D eigenvalue weighted by Gasteiger charge is -2.11. The number of ether oxygens (including phenoxy) is 2. The van der Waals surface area contributed by atoms with E-state index in [-0.39, 0.29) is 17.4 Å². The summed E-state index contributed by atoms with van der Waals surface area (Å²) in [5.74, 6) is -0.0175. The number of amides is 1. The Bertz CT molecular complexity index is 490. The normalized spacial score (nSPS) is 10.9. The topological polar surface area (TPSA) is 47.6 Å². The van der Waals surface area contributed by atoms with E-state index in [9.17, 15) is 13.6 Å². The molecule has 21 heavy (non-hydrogen) atoms. The van der Waals surface area contributed by atoms with Gasteiger partial charge in [-0.3, -0.25) is 4.79 Å². The number of hydrogen-bond acceptors (Lipinski definition) is 3. The third-order valence-corrected chi connectivity index (χ3v) is 2.46. The lowest BCUT2D eigenvalue weighted by Crippen LogP contribution is -2.21. The maximum absolute atomic E-state index is 12.3. The fraction of sp³-hybridized carbons (Fsp3) is 0.400. The highest BCUT2D eigenvalue weighted by Crippen LogP contribution is 2.30. The Hall–Kier alpha value is -2.11. The summed E-state index contributed by atoms with van der Waals surface area (Å²) in [7, 11) is 0. The second-order valence-corrected chi connectivity index (χ2v) is 4.14. The molecule has 0 aliphatic rings. The summed E-state index contributed by atoms with van der Waals surface area (Å²) in [5.41, 5.74) is 0.659. The number of alkyl halides is 2. The van der Waals surface area contributed by atoms with Crippen molar-refractivity contribution in [3.05, 3.63) is 29.8 Å². The fourth-order valence-corrected chi connectivity index (χ4v) is 1.57. The molecule has 0 radical (unpaired) electrons. The van der Waals surface area contributed by atoms with Gasteiger partial charge in [-0.2, -0.15) is 8.78 Å². The first-order valence-corrected chi connectivity index (χ1v) is 6.74. The number of carbonyl (C=O) groups is 1. The highest BCUT2D eigenvalue weighted by Gasteiger charge is 2.10. The Morgan fingerprint density at radius 2 is 2.10 bits per heavy atom. The van der Waals surface area contributed by atoms with Gasteiger partial charge in [0.25, 0.3) is 0 Å². The molecular weight excluding hydrogens is 280 g/mol. The molecule has 1 amide bonds. The molecule has 1 N–H and O–H groups in total. The van der Waals surface area contributed by atoms with Crippen LogP contribution in [0, 0.1) is 0 Å². The molecule has 0 aliphatic carbocycles.